The summed E-state index contributed by atoms with van der Waals surface area (Å²) in [5.41, 5.74) is 2.16. The van der Waals surface area contributed by atoms with Crippen molar-refractivity contribution < 1.29 is 4.42 Å². The van der Waals surface area contributed by atoms with E-state index >= 15 is 0 Å². The van der Waals surface area contributed by atoms with E-state index in [1.165, 1.54) is 5.56 Å². The maximum Gasteiger partial charge on any atom is 0.155 e. The molecule has 0 radical (unpaired) electrons. The lowest BCUT2D eigenvalue weighted by molar-refractivity contribution is 0.557. The van der Waals surface area contributed by atoms with E-state index in [1.807, 2.05) is 53.9 Å². The standard InChI is InChI=1S/C19H15N3OS/c1-2-5-14(6-3-1)13-20-19-18-16(10-12-24-18)21-17(22-19)9-8-15-7-4-11-23-15/h1-12H,13H2,(H,20,21,22)/b9-8+. The van der Waals surface area contributed by atoms with Gasteiger partial charge in [0.05, 0.1) is 16.5 Å². The summed E-state index contributed by atoms with van der Waals surface area (Å²) in [4.78, 5) is 9.23. The second-order valence-corrected chi connectivity index (χ2v) is 6.17. The van der Waals surface area contributed by atoms with Crippen LogP contribution in [0.15, 0.2) is 64.6 Å². The van der Waals surface area contributed by atoms with Gasteiger partial charge >= 0.3 is 0 Å². The van der Waals surface area contributed by atoms with Gasteiger partial charge in [-0.1, -0.05) is 30.3 Å². The Balaban J connectivity index is 1.62. The molecule has 5 heteroatoms. The van der Waals surface area contributed by atoms with E-state index in [0.29, 0.717) is 5.82 Å². The number of hydrogen-bond acceptors (Lipinski definition) is 5. The largest absolute Gasteiger partial charge is 0.465 e. The fraction of sp³-hybridized carbons (Fsp3) is 0.0526. The average Bonchev–Trinajstić information content (AvgIpc) is 3.30. The number of nitrogens with zero attached hydrogens (tertiary/aromatic N) is 2. The van der Waals surface area contributed by atoms with Crippen LogP contribution in [0.5, 0.6) is 0 Å². The molecule has 118 valence electrons. The third kappa shape index (κ3) is 3.21. The van der Waals surface area contributed by atoms with Crippen molar-refractivity contribution in [3.63, 3.8) is 0 Å². The van der Waals surface area contributed by atoms with E-state index in [0.717, 1.165) is 28.3 Å². The Morgan fingerprint density at radius 2 is 1.92 bits per heavy atom. The predicted octanol–water partition coefficient (Wildman–Crippen LogP) is 5.07. The van der Waals surface area contributed by atoms with Crippen molar-refractivity contribution in [2.45, 2.75) is 6.54 Å². The fourth-order valence-electron chi connectivity index (χ4n) is 2.40. The minimum atomic E-state index is 0.660. The van der Waals surface area contributed by atoms with Crippen molar-refractivity contribution in [3.05, 3.63) is 77.3 Å². The molecule has 3 aromatic heterocycles. The highest BCUT2D eigenvalue weighted by molar-refractivity contribution is 7.17. The Labute approximate surface area is 143 Å². The maximum atomic E-state index is 5.31. The van der Waals surface area contributed by atoms with Gasteiger partial charge in [0.2, 0.25) is 0 Å². The highest BCUT2D eigenvalue weighted by Crippen LogP contribution is 2.27. The van der Waals surface area contributed by atoms with Crippen molar-refractivity contribution >= 4 is 39.5 Å². The van der Waals surface area contributed by atoms with Gasteiger partial charge in [0, 0.05) is 6.54 Å². The summed E-state index contributed by atoms with van der Waals surface area (Å²) in [6.07, 6.45) is 5.38. The van der Waals surface area contributed by atoms with Crippen LogP contribution in [0.2, 0.25) is 0 Å². The molecule has 3 heterocycles. The summed E-state index contributed by atoms with van der Waals surface area (Å²) in [6.45, 7) is 0.728. The molecule has 0 fully saturated rings. The van der Waals surface area contributed by atoms with E-state index in [1.54, 1.807) is 17.6 Å². The van der Waals surface area contributed by atoms with Gasteiger partial charge in [0.1, 0.15) is 11.6 Å². The summed E-state index contributed by atoms with van der Waals surface area (Å²) < 4.78 is 6.38. The summed E-state index contributed by atoms with van der Waals surface area (Å²) in [5.74, 6) is 2.30. The van der Waals surface area contributed by atoms with Gasteiger partial charge in [-0.15, -0.1) is 11.3 Å². The van der Waals surface area contributed by atoms with Gasteiger partial charge in [0.25, 0.3) is 0 Å². The molecule has 4 rings (SSSR count). The van der Waals surface area contributed by atoms with Crippen LogP contribution in [0.25, 0.3) is 22.4 Å². The van der Waals surface area contributed by atoms with E-state index in [4.69, 9.17) is 4.42 Å². The van der Waals surface area contributed by atoms with Gasteiger partial charge in [-0.05, 0) is 41.3 Å². The molecular formula is C19H15N3OS. The molecule has 0 amide bonds. The van der Waals surface area contributed by atoms with Crippen molar-refractivity contribution in [3.8, 4) is 0 Å². The number of hydrogen-bond donors (Lipinski definition) is 1. The number of fused-ring (bicyclic) bond motifs is 1. The summed E-state index contributed by atoms with van der Waals surface area (Å²) >= 11 is 1.64. The molecule has 0 saturated carbocycles. The van der Waals surface area contributed by atoms with Crippen molar-refractivity contribution in [2.24, 2.45) is 0 Å². The van der Waals surface area contributed by atoms with Crippen LogP contribution in [0, 0.1) is 0 Å². The monoisotopic (exact) mass is 333 g/mol. The number of furan rings is 1. The third-order valence-electron chi connectivity index (χ3n) is 3.56. The molecule has 0 aliphatic carbocycles. The zero-order valence-corrected chi connectivity index (χ0v) is 13.7. The normalized spacial score (nSPS) is 11.3. The Bertz CT molecular complexity index is 959. The Morgan fingerprint density at radius 1 is 1.00 bits per heavy atom. The maximum absolute atomic E-state index is 5.31. The second-order valence-electron chi connectivity index (χ2n) is 5.25. The first kappa shape index (κ1) is 14.7. The molecular weight excluding hydrogens is 318 g/mol. The van der Waals surface area contributed by atoms with Crippen LogP contribution in [0.3, 0.4) is 0 Å². The number of rotatable bonds is 5. The first-order valence-electron chi connectivity index (χ1n) is 7.63. The first-order valence-corrected chi connectivity index (χ1v) is 8.51. The van der Waals surface area contributed by atoms with Crippen molar-refractivity contribution in [1.82, 2.24) is 9.97 Å². The molecule has 0 aliphatic heterocycles. The summed E-state index contributed by atoms with van der Waals surface area (Å²) in [6, 6.07) is 16.0. The highest BCUT2D eigenvalue weighted by atomic mass is 32.1. The van der Waals surface area contributed by atoms with Gasteiger partial charge in [-0.2, -0.15) is 0 Å². The van der Waals surface area contributed by atoms with E-state index in [-0.39, 0.29) is 0 Å². The van der Waals surface area contributed by atoms with E-state index in [2.05, 4.69) is 27.4 Å². The fourth-order valence-corrected chi connectivity index (χ4v) is 3.20. The van der Waals surface area contributed by atoms with E-state index < -0.39 is 0 Å². The second kappa shape index (κ2) is 6.68. The molecule has 0 unspecified atom stereocenters. The first-order chi connectivity index (χ1) is 11.9. The minimum absolute atomic E-state index is 0.660. The lowest BCUT2D eigenvalue weighted by Gasteiger charge is -2.07. The predicted molar refractivity (Wildman–Crippen MR) is 98.8 cm³/mol. The van der Waals surface area contributed by atoms with Crippen LogP contribution in [-0.4, -0.2) is 9.97 Å². The van der Waals surface area contributed by atoms with Crippen LogP contribution in [0.1, 0.15) is 17.1 Å². The van der Waals surface area contributed by atoms with Crippen LogP contribution in [0.4, 0.5) is 5.82 Å². The smallest absolute Gasteiger partial charge is 0.155 e. The number of aromatic nitrogens is 2. The molecule has 24 heavy (non-hydrogen) atoms. The molecule has 0 saturated heterocycles. The number of thiophene rings is 1. The molecule has 0 aliphatic rings. The molecule has 0 spiro atoms. The highest BCUT2D eigenvalue weighted by Gasteiger charge is 2.07. The number of nitrogens with one attached hydrogen (secondary N) is 1. The minimum Gasteiger partial charge on any atom is -0.465 e. The summed E-state index contributed by atoms with van der Waals surface area (Å²) in [7, 11) is 0. The van der Waals surface area contributed by atoms with Gasteiger partial charge in [-0.25, -0.2) is 9.97 Å². The van der Waals surface area contributed by atoms with Crippen molar-refractivity contribution in [1.29, 1.82) is 0 Å². The zero-order chi connectivity index (χ0) is 16.2. The SMILES string of the molecule is C(=C\c1ccco1)/c1nc(NCc2ccccc2)c2sccc2n1. The van der Waals surface area contributed by atoms with Crippen LogP contribution in [-0.2, 0) is 6.54 Å². The quantitative estimate of drug-likeness (QED) is 0.554. The topological polar surface area (TPSA) is 51.0 Å². The number of benzene rings is 1. The van der Waals surface area contributed by atoms with Crippen molar-refractivity contribution in [2.75, 3.05) is 5.32 Å². The third-order valence-corrected chi connectivity index (χ3v) is 4.47. The molecule has 1 aromatic carbocycles. The molecule has 4 nitrogen and oxygen atoms in total. The lowest BCUT2D eigenvalue weighted by Crippen LogP contribution is -2.03. The molecule has 4 aromatic rings. The average molecular weight is 333 g/mol. The number of anilines is 1. The van der Waals surface area contributed by atoms with Crippen LogP contribution >= 0.6 is 11.3 Å². The Hall–Kier alpha value is -2.92. The molecule has 1 N–H and O–H groups in total. The zero-order valence-electron chi connectivity index (χ0n) is 12.8. The van der Waals surface area contributed by atoms with Crippen LogP contribution < -0.4 is 5.32 Å². The lowest BCUT2D eigenvalue weighted by atomic mass is 10.2. The van der Waals surface area contributed by atoms with Gasteiger partial charge in [0.15, 0.2) is 5.82 Å². The van der Waals surface area contributed by atoms with Gasteiger partial charge in [-0.3, -0.25) is 0 Å². The molecule has 0 atom stereocenters. The Morgan fingerprint density at radius 3 is 2.75 bits per heavy atom. The van der Waals surface area contributed by atoms with Gasteiger partial charge < -0.3 is 9.73 Å². The van der Waals surface area contributed by atoms with E-state index in [9.17, 15) is 0 Å². The molecule has 0 bridgehead atoms. The Kier molecular flexibility index (Phi) is 4.08. The summed E-state index contributed by atoms with van der Waals surface area (Å²) in [5, 5.41) is 5.46.